The van der Waals surface area contributed by atoms with E-state index < -0.39 is 5.97 Å². The fourth-order valence-electron chi connectivity index (χ4n) is 11.0. The Labute approximate surface area is 741 Å². The lowest BCUT2D eigenvalue weighted by Gasteiger charge is -2.11. The highest BCUT2D eigenvalue weighted by molar-refractivity contribution is 6.06. The quantitative estimate of drug-likeness (QED) is 0.0297. The zero-order valence-corrected chi connectivity index (χ0v) is 71.1. The Bertz CT molecular complexity index is 6190. The van der Waals surface area contributed by atoms with Crippen LogP contribution in [0.1, 0.15) is 109 Å². The number of benzene rings is 4. The molecule has 0 spiro atoms. The van der Waals surface area contributed by atoms with Crippen LogP contribution < -0.4 is 76.1 Å². The fraction of sp³-hybridized carbons (Fsp3) is 0.116. The van der Waals surface area contributed by atoms with Crippen LogP contribution in [0, 0.1) is 27.7 Å². The Morgan fingerprint density at radius 2 is 0.731 bits per heavy atom. The molecule has 130 heavy (non-hydrogen) atoms. The molecule has 0 fully saturated rings. The minimum atomic E-state index is -0.401. The summed E-state index contributed by atoms with van der Waals surface area (Å²) < 4.78 is 9.95. The number of carbonyl (C=O) groups excluding carboxylic acids is 9. The first-order valence-corrected chi connectivity index (χ1v) is 38.9. The van der Waals surface area contributed by atoms with Gasteiger partial charge in [-0.2, -0.15) is 65.0 Å². The van der Waals surface area contributed by atoms with Crippen molar-refractivity contribution in [2.45, 2.75) is 62.3 Å². The van der Waals surface area contributed by atoms with E-state index in [1.807, 2.05) is 82.3 Å². The number of ether oxygens (including phenoxy) is 1. The predicted molar refractivity (Wildman–Crippen MR) is 486 cm³/mol. The SMILES string of the molecule is CC(=O)Nc1cc(Nc2ccccc2)nc(NC(C)=O)n1.CCOC(=O)c1ccc(Nc2cc(NC(C)=O)nc(NC(C)=O)n2)cc1.Cc1cc(C)n(-c2cc(N)nc(N)n2)n1.Cc1cc(C)n(-c2cc(NC(=O)c3ccccc3)nc(NC(=O)c3ccccc3)n2)n1.Nc1cc(-n2ccnc2)nc(N)n1.O=C(Nc1ccnc(NC(=O)c2ccncc2)n1)c1ccncc1. The number of aromatic nitrogens is 20. The maximum atomic E-state index is 12.6. The first-order valence-electron chi connectivity index (χ1n) is 38.9. The molecule has 0 saturated heterocycles. The van der Waals surface area contributed by atoms with Gasteiger partial charge < -0.3 is 59.6 Å². The van der Waals surface area contributed by atoms with Gasteiger partial charge in [0.25, 0.3) is 23.6 Å². The standard InChI is InChI=1S/C23H20N6O2.C17H19N5O4.C16H12N6O2.C14H15N5O2.C9H12N6.C7H8N6/c1-15-13-16(2)29(28-15)20-14-19(24-21(30)17-9-5-3-6-10-17)25-23(26-20)27-22(31)18-11-7-4-8-12-18;1-4-26-16(25)12-5-7-13(8-6-12)20-15-9-14(18-10(2)23)21-17(22-15)19-11(3)24;23-14(11-1-6-17-7-2-11)20-13-5-10-19-16(21-13)22-15(24)12-3-8-18-9-4-12;1-9(20)15-12-8-13(17-11-6-4-3-5-7-11)19-14(18-12)16-10(2)21;1-5-3-6(2)15(14-5)8-4-7(10)12-9(11)13-8;8-5-3-6(12-7(9)11-5)13-2-1-10-4-13/h3-14H,1-2H3,(H2,24,25,26,27,30,31);5-9H,4H2,1-3H3,(H3,18,19,20,21,22,23,24);1-10H,(H2,19,20,21,22,23,24);3-8H,1-2H3,(H3,15,16,17,18,19,20,21);3-4H,1-2H3,(H4,10,11,12,13);1-4H,(H4,8,9,11,12). The topological polar surface area (TPSA) is 621 Å². The van der Waals surface area contributed by atoms with Crippen LogP contribution in [-0.4, -0.2) is 159 Å². The van der Waals surface area contributed by atoms with Crippen LogP contribution in [0.5, 0.6) is 0 Å². The Kier molecular flexibility index (Phi) is 33.1. The van der Waals surface area contributed by atoms with E-state index in [1.165, 1.54) is 70.8 Å². The van der Waals surface area contributed by atoms with Crippen molar-refractivity contribution in [2.24, 2.45) is 0 Å². The molecular weight excluding hydrogens is 1670 g/mol. The van der Waals surface area contributed by atoms with Crippen LogP contribution in [0.3, 0.4) is 0 Å². The number of rotatable bonds is 21. The van der Waals surface area contributed by atoms with Gasteiger partial charge in [0.1, 0.15) is 58.7 Å². The van der Waals surface area contributed by atoms with Crippen molar-refractivity contribution < 1.29 is 47.9 Å². The molecule has 8 amide bonds. The lowest BCUT2D eigenvalue weighted by molar-refractivity contribution is -0.115. The van der Waals surface area contributed by atoms with E-state index in [2.05, 4.69) is 138 Å². The first-order chi connectivity index (χ1) is 62.4. The van der Waals surface area contributed by atoms with Crippen molar-refractivity contribution in [1.82, 2.24) is 98.9 Å². The first kappa shape index (κ1) is 93.6. The van der Waals surface area contributed by atoms with E-state index in [0.717, 1.165) is 28.5 Å². The van der Waals surface area contributed by atoms with Gasteiger partial charge >= 0.3 is 5.97 Å². The highest BCUT2D eigenvalue weighted by Gasteiger charge is 2.19. The molecule has 11 aromatic heterocycles. The zero-order chi connectivity index (χ0) is 93.2. The molecule has 0 atom stereocenters. The van der Waals surface area contributed by atoms with Crippen LogP contribution >= 0.6 is 0 Å². The molecule has 660 valence electrons. The number of hydrogen-bond donors (Lipinski definition) is 14. The van der Waals surface area contributed by atoms with E-state index in [0.29, 0.717) is 86.7 Å². The van der Waals surface area contributed by atoms with E-state index in [1.54, 1.807) is 161 Å². The average molecular weight is 1760 g/mol. The monoisotopic (exact) mass is 1750 g/mol. The van der Waals surface area contributed by atoms with Crippen LogP contribution in [0.15, 0.2) is 238 Å². The van der Waals surface area contributed by atoms with Crippen molar-refractivity contribution in [1.29, 1.82) is 0 Å². The highest BCUT2D eigenvalue weighted by Crippen LogP contribution is 2.25. The third kappa shape index (κ3) is 29.8. The molecule has 0 aliphatic heterocycles. The Balaban J connectivity index is 0.000000165. The normalized spacial score (nSPS) is 10.2. The lowest BCUT2D eigenvalue weighted by atomic mass is 10.2. The minimum Gasteiger partial charge on any atom is -0.462 e. The number of esters is 1. The van der Waals surface area contributed by atoms with Crippen molar-refractivity contribution in [3.05, 3.63) is 288 Å². The predicted octanol–water partition coefficient (Wildman–Crippen LogP) is 10.3. The second kappa shape index (κ2) is 46.0. The van der Waals surface area contributed by atoms with Crippen LogP contribution in [0.25, 0.3) is 17.5 Å². The molecule has 15 rings (SSSR count). The van der Waals surface area contributed by atoms with Gasteiger partial charge in [0.2, 0.25) is 59.3 Å². The summed E-state index contributed by atoms with van der Waals surface area (Å²) in [6.45, 7) is 15.1. The summed E-state index contributed by atoms with van der Waals surface area (Å²) in [6.07, 6.45) is 12.5. The molecule has 4 aromatic carbocycles. The molecule has 0 saturated carbocycles. The van der Waals surface area contributed by atoms with E-state index in [4.69, 9.17) is 27.7 Å². The number of para-hydroxylation sites is 1. The molecule has 11 heterocycles. The van der Waals surface area contributed by atoms with Gasteiger partial charge in [-0.1, -0.05) is 54.6 Å². The summed E-state index contributed by atoms with van der Waals surface area (Å²) in [5, 5.41) is 35.5. The zero-order valence-electron chi connectivity index (χ0n) is 71.1. The number of carbonyl (C=O) groups is 9. The number of nitrogens with one attached hydrogen (secondary N) is 10. The van der Waals surface area contributed by atoms with E-state index >= 15 is 0 Å². The number of nitrogens with two attached hydrogens (primary N) is 4. The third-order valence-electron chi connectivity index (χ3n) is 16.3. The highest BCUT2D eigenvalue weighted by atomic mass is 16.5. The Hall–Kier alpha value is -18.7. The number of anilines is 16. The number of aryl methyl sites for hydroxylation is 4. The third-order valence-corrected chi connectivity index (χ3v) is 16.3. The Morgan fingerprint density at radius 1 is 0.338 bits per heavy atom. The van der Waals surface area contributed by atoms with Crippen molar-refractivity contribution in [2.75, 3.05) is 82.7 Å². The van der Waals surface area contributed by atoms with Gasteiger partial charge in [0.05, 0.1) is 23.6 Å². The molecular formula is C86H86N34O10. The van der Waals surface area contributed by atoms with Crippen LogP contribution in [-0.2, 0) is 23.9 Å². The van der Waals surface area contributed by atoms with Gasteiger partial charge in [-0.25, -0.2) is 24.1 Å². The molecule has 18 N–H and O–H groups in total. The molecule has 44 heteroatoms. The Morgan fingerprint density at radius 3 is 1.17 bits per heavy atom. The molecule has 44 nitrogen and oxygen atoms in total. The average Bonchev–Trinajstić information content (AvgIpc) is 1.60. The van der Waals surface area contributed by atoms with Gasteiger partial charge in [-0.3, -0.25) is 74.2 Å². The van der Waals surface area contributed by atoms with Gasteiger partial charge in [0.15, 0.2) is 11.6 Å². The van der Waals surface area contributed by atoms with E-state index in [-0.39, 0.29) is 100 Å². The van der Waals surface area contributed by atoms with Crippen molar-refractivity contribution >= 4 is 147 Å². The molecule has 0 aliphatic carbocycles. The summed E-state index contributed by atoms with van der Waals surface area (Å²) in [4.78, 5) is 166. The maximum Gasteiger partial charge on any atom is 0.338 e. The summed E-state index contributed by atoms with van der Waals surface area (Å²) >= 11 is 0. The summed E-state index contributed by atoms with van der Waals surface area (Å²) in [5.41, 5.74) is 29.3. The number of imidazole rings is 1. The minimum absolute atomic E-state index is 0.0504. The summed E-state index contributed by atoms with van der Waals surface area (Å²) in [6, 6.07) is 53.3. The molecule has 0 aliphatic rings. The number of nitrogen functional groups attached to an aromatic ring is 4. The number of nitrogens with zero attached hydrogens (tertiary/aromatic N) is 20. The number of pyridine rings is 2. The summed E-state index contributed by atoms with van der Waals surface area (Å²) in [7, 11) is 0. The van der Waals surface area contributed by atoms with Gasteiger partial charge in [-0.05, 0) is 138 Å². The largest absolute Gasteiger partial charge is 0.462 e. The molecule has 0 bridgehead atoms. The maximum absolute atomic E-state index is 12.6. The number of hydrogen-bond acceptors (Lipinski definition) is 33. The molecule has 0 radical (unpaired) electrons. The van der Waals surface area contributed by atoms with Crippen LogP contribution in [0.4, 0.5) is 93.6 Å². The molecule has 0 unspecified atom stereocenters. The second-order valence-electron chi connectivity index (χ2n) is 26.9. The second-order valence-corrected chi connectivity index (χ2v) is 26.9. The van der Waals surface area contributed by atoms with Crippen molar-refractivity contribution in [3.63, 3.8) is 0 Å². The lowest BCUT2D eigenvalue weighted by Crippen LogP contribution is -2.18. The smallest absolute Gasteiger partial charge is 0.338 e. The van der Waals surface area contributed by atoms with Gasteiger partial charge in [0, 0.05) is 146 Å². The van der Waals surface area contributed by atoms with Crippen molar-refractivity contribution in [3.8, 4) is 17.5 Å². The van der Waals surface area contributed by atoms with Gasteiger partial charge in [-0.15, -0.1) is 0 Å². The number of amides is 8. The summed E-state index contributed by atoms with van der Waals surface area (Å²) in [5.74, 6) is 1.85. The molecule has 15 aromatic rings. The van der Waals surface area contributed by atoms with E-state index in [9.17, 15) is 43.2 Å². The van der Waals surface area contributed by atoms with Crippen LogP contribution in [0.2, 0.25) is 0 Å². The fourth-order valence-corrected chi connectivity index (χ4v) is 11.0.